The third-order valence-corrected chi connectivity index (χ3v) is 5.70. The normalized spacial score (nSPS) is 17.0. The molecule has 174 valence electrons. The van der Waals surface area contributed by atoms with Crippen LogP contribution >= 0.6 is 0 Å². The number of carboxylic acid groups (broad SMARTS) is 1. The van der Waals surface area contributed by atoms with Crippen molar-refractivity contribution in [3.8, 4) is 0 Å². The highest BCUT2D eigenvalue weighted by Crippen LogP contribution is 2.38. The standard InChI is InChI=1S/C23H28BN3O6/c1-22(2)23(3,4)33-24(32-22)17(10-16-11-18(25)19(20(28)29)26-12-16)13-27-21(30)31-14-15-8-6-5-7-9-15/h5-12H,13-14,25H2,1-4H3,(H,27,30)(H,28,29). The number of alkyl carbamates (subject to hydrolysis) is 1. The molecule has 1 amide bonds. The molecule has 0 atom stereocenters. The highest BCUT2D eigenvalue weighted by Gasteiger charge is 2.52. The van der Waals surface area contributed by atoms with E-state index >= 15 is 0 Å². The first kappa shape index (κ1) is 24.3. The number of ether oxygens (including phenoxy) is 1. The van der Waals surface area contributed by atoms with E-state index in [9.17, 15) is 9.59 Å². The largest absolute Gasteiger partial charge is 0.492 e. The Morgan fingerprint density at radius 2 is 1.82 bits per heavy atom. The lowest BCUT2D eigenvalue weighted by atomic mass is 9.77. The number of carbonyl (C=O) groups excluding carboxylic acids is 1. The molecular weight excluding hydrogens is 425 g/mol. The summed E-state index contributed by atoms with van der Waals surface area (Å²) in [7, 11) is -0.746. The van der Waals surface area contributed by atoms with Crippen molar-refractivity contribution in [1.29, 1.82) is 0 Å². The summed E-state index contributed by atoms with van der Waals surface area (Å²) in [6.45, 7) is 7.91. The van der Waals surface area contributed by atoms with Crippen molar-refractivity contribution in [2.24, 2.45) is 0 Å². The second kappa shape index (κ2) is 9.64. The second-order valence-electron chi connectivity index (χ2n) is 8.73. The van der Waals surface area contributed by atoms with Gasteiger partial charge in [-0.2, -0.15) is 0 Å². The van der Waals surface area contributed by atoms with Crippen molar-refractivity contribution in [3.63, 3.8) is 0 Å². The molecule has 0 unspecified atom stereocenters. The Balaban J connectivity index is 1.77. The van der Waals surface area contributed by atoms with Crippen LogP contribution in [0.5, 0.6) is 0 Å². The molecule has 0 bridgehead atoms. The van der Waals surface area contributed by atoms with E-state index in [0.29, 0.717) is 11.0 Å². The van der Waals surface area contributed by atoms with Gasteiger partial charge in [-0.05, 0) is 50.4 Å². The number of carboxylic acids is 1. The molecule has 1 aromatic carbocycles. The molecule has 1 fully saturated rings. The molecule has 0 saturated carbocycles. The third-order valence-electron chi connectivity index (χ3n) is 5.70. The van der Waals surface area contributed by atoms with Crippen LogP contribution in [-0.4, -0.2) is 47.0 Å². The SMILES string of the molecule is CC1(C)OB(C(=Cc2cnc(C(=O)O)c(N)c2)CNC(=O)OCc2ccccc2)OC1(C)C. The van der Waals surface area contributed by atoms with Crippen molar-refractivity contribution in [3.05, 3.63) is 64.9 Å². The fraction of sp³-hybridized carbons (Fsp3) is 0.348. The molecule has 3 rings (SSSR count). The van der Waals surface area contributed by atoms with E-state index in [2.05, 4.69) is 10.3 Å². The smallest absolute Gasteiger partial charge is 0.476 e. The first-order valence-electron chi connectivity index (χ1n) is 10.5. The minimum Gasteiger partial charge on any atom is -0.476 e. The van der Waals surface area contributed by atoms with E-state index in [1.54, 1.807) is 6.08 Å². The second-order valence-corrected chi connectivity index (χ2v) is 8.73. The Kier molecular flexibility index (Phi) is 7.09. The molecule has 0 spiro atoms. The molecule has 1 aromatic heterocycles. The van der Waals surface area contributed by atoms with Gasteiger partial charge >= 0.3 is 19.2 Å². The minimum absolute atomic E-state index is 0.0275. The summed E-state index contributed by atoms with van der Waals surface area (Å²) in [5.41, 5.74) is 6.46. The van der Waals surface area contributed by atoms with Gasteiger partial charge in [-0.3, -0.25) is 0 Å². The van der Waals surface area contributed by atoms with Gasteiger partial charge in [0.1, 0.15) is 6.61 Å². The van der Waals surface area contributed by atoms with Gasteiger partial charge in [-0.25, -0.2) is 14.6 Å². The summed E-state index contributed by atoms with van der Waals surface area (Å²) in [5.74, 6) is -1.21. The Hall–Kier alpha value is -3.37. The van der Waals surface area contributed by atoms with Crippen molar-refractivity contribution in [2.45, 2.75) is 45.5 Å². The fourth-order valence-electron chi connectivity index (χ4n) is 3.12. The quantitative estimate of drug-likeness (QED) is 0.544. The van der Waals surface area contributed by atoms with Crippen LogP contribution in [0.3, 0.4) is 0 Å². The molecule has 1 saturated heterocycles. The average molecular weight is 453 g/mol. The number of hydrogen-bond acceptors (Lipinski definition) is 7. The van der Waals surface area contributed by atoms with Crippen LogP contribution in [0.2, 0.25) is 0 Å². The molecular formula is C23H28BN3O6. The van der Waals surface area contributed by atoms with E-state index in [4.69, 9.17) is 24.9 Å². The molecule has 2 heterocycles. The molecule has 10 heteroatoms. The monoisotopic (exact) mass is 453 g/mol. The summed E-state index contributed by atoms with van der Waals surface area (Å²) in [6.07, 6.45) is 2.49. The number of hydrogen-bond donors (Lipinski definition) is 3. The van der Waals surface area contributed by atoms with Gasteiger partial charge in [-0.15, -0.1) is 0 Å². The Morgan fingerprint density at radius 1 is 1.18 bits per heavy atom. The molecule has 9 nitrogen and oxygen atoms in total. The van der Waals surface area contributed by atoms with Gasteiger partial charge < -0.3 is 30.2 Å². The van der Waals surface area contributed by atoms with Gasteiger partial charge in [0.15, 0.2) is 5.69 Å². The summed E-state index contributed by atoms with van der Waals surface area (Å²) < 4.78 is 17.5. The Morgan fingerprint density at radius 3 is 2.39 bits per heavy atom. The number of carbonyl (C=O) groups is 2. The molecule has 2 aromatic rings. The highest BCUT2D eigenvalue weighted by atomic mass is 16.7. The number of benzene rings is 1. The zero-order chi connectivity index (χ0) is 24.2. The van der Waals surface area contributed by atoms with Gasteiger partial charge in [0.25, 0.3) is 0 Å². The van der Waals surface area contributed by atoms with E-state index in [1.165, 1.54) is 12.3 Å². The lowest BCUT2D eigenvalue weighted by Gasteiger charge is -2.32. The van der Waals surface area contributed by atoms with Crippen molar-refractivity contribution in [2.75, 3.05) is 12.3 Å². The van der Waals surface area contributed by atoms with Crippen molar-refractivity contribution >= 4 is 30.9 Å². The number of nitrogens with two attached hydrogens (primary N) is 1. The number of nitrogens with one attached hydrogen (secondary N) is 1. The Labute approximate surface area is 193 Å². The van der Waals surface area contributed by atoms with E-state index in [0.717, 1.165) is 5.56 Å². The topological polar surface area (TPSA) is 133 Å². The number of pyridine rings is 1. The van der Waals surface area contributed by atoms with Crippen LogP contribution < -0.4 is 11.1 Å². The van der Waals surface area contributed by atoms with Crippen LogP contribution in [0, 0.1) is 0 Å². The number of anilines is 1. The Bertz CT molecular complexity index is 1040. The lowest BCUT2D eigenvalue weighted by molar-refractivity contribution is 0.00578. The van der Waals surface area contributed by atoms with Crippen molar-refractivity contribution in [1.82, 2.24) is 10.3 Å². The molecule has 33 heavy (non-hydrogen) atoms. The molecule has 0 radical (unpaired) electrons. The van der Waals surface area contributed by atoms with Crippen LogP contribution in [0.25, 0.3) is 6.08 Å². The van der Waals surface area contributed by atoms with E-state index < -0.39 is 30.4 Å². The maximum atomic E-state index is 12.3. The van der Waals surface area contributed by atoms with Gasteiger partial charge in [-0.1, -0.05) is 36.4 Å². The summed E-state index contributed by atoms with van der Waals surface area (Å²) in [6, 6.07) is 10.8. The fourth-order valence-corrected chi connectivity index (χ4v) is 3.12. The summed E-state index contributed by atoms with van der Waals surface area (Å²) >= 11 is 0. The summed E-state index contributed by atoms with van der Waals surface area (Å²) in [4.78, 5) is 27.4. The first-order valence-corrected chi connectivity index (χ1v) is 10.5. The highest BCUT2D eigenvalue weighted by molar-refractivity contribution is 6.56. The average Bonchev–Trinajstić information content (AvgIpc) is 2.97. The zero-order valence-electron chi connectivity index (χ0n) is 19.1. The number of aromatic carboxylic acids is 1. The maximum absolute atomic E-state index is 12.3. The maximum Gasteiger partial charge on any atom is 0.492 e. The molecule has 1 aliphatic heterocycles. The number of rotatable bonds is 7. The molecule has 1 aliphatic rings. The van der Waals surface area contributed by atoms with Crippen LogP contribution in [0.1, 0.15) is 49.3 Å². The minimum atomic E-state index is -1.21. The lowest BCUT2D eigenvalue weighted by Crippen LogP contribution is -2.41. The van der Waals surface area contributed by atoms with Crippen molar-refractivity contribution < 1.29 is 28.7 Å². The van der Waals surface area contributed by atoms with E-state index in [1.807, 2.05) is 58.0 Å². The number of nitrogen functional groups attached to an aromatic ring is 1. The third kappa shape index (κ3) is 5.91. The van der Waals surface area contributed by atoms with Crippen LogP contribution in [-0.2, 0) is 20.7 Å². The predicted molar refractivity (Wildman–Crippen MR) is 124 cm³/mol. The van der Waals surface area contributed by atoms with Crippen LogP contribution in [0.15, 0.2) is 48.1 Å². The summed E-state index contributed by atoms with van der Waals surface area (Å²) in [5, 5.41) is 11.9. The first-order chi connectivity index (χ1) is 15.5. The van der Waals surface area contributed by atoms with Gasteiger partial charge in [0.05, 0.1) is 16.9 Å². The number of aromatic nitrogens is 1. The predicted octanol–water partition coefficient (Wildman–Crippen LogP) is 3.30. The van der Waals surface area contributed by atoms with Gasteiger partial charge in [0.2, 0.25) is 0 Å². The number of nitrogens with zero attached hydrogens (tertiary/aromatic N) is 1. The molecule has 0 aliphatic carbocycles. The van der Waals surface area contributed by atoms with Crippen LogP contribution in [0.4, 0.5) is 10.5 Å². The number of amides is 1. The van der Waals surface area contributed by atoms with Gasteiger partial charge in [0, 0.05) is 12.7 Å². The molecule has 4 N–H and O–H groups in total. The van der Waals surface area contributed by atoms with E-state index in [-0.39, 0.29) is 24.5 Å². The zero-order valence-corrected chi connectivity index (χ0v) is 19.1.